The van der Waals surface area contributed by atoms with Crippen molar-refractivity contribution < 1.29 is 36.3 Å². The molecule has 0 aromatic heterocycles. The van der Waals surface area contributed by atoms with Crippen molar-refractivity contribution >= 4 is 23.2 Å². The van der Waals surface area contributed by atoms with Crippen LogP contribution < -0.4 is 16.0 Å². The highest BCUT2D eigenvalue weighted by Gasteiger charge is 2.35. The molecule has 3 N–H and O–H groups in total. The Hall–Kier alpha value is -2.31. The molecule has 1 saturated heterocycles. The molecule has 0 bridgehead atoms. The van der Waals surface area contributed by atoms with Crippen LogP contribution in [0.1, 0.15) is 18.9 Å². The number of nitrogens with one attached hydrogen (secondary N) is 1. The summed E-state index contributed by atoms with van der Waals surface area (Å²) in [6.07, 6.45) is -7.48. The Morgan fingerprint density at radius 2 is 2.07 bits per heavy atom. The number of hydrogen-bond donors (Lipinski definition) is 2. The average molecular weight is 438 g/mol. The summed E-state index contributed by atoms with van der Waals surface area (Å²) in [5, 5.41) is 2.34. The zero-order valence-corrected chi connectivity index (χ0v) is 16.2. The molecule has 1 aliphatic heterocycles. The maximum atomic E-state index is 13.6. The lowest BCUT2D eigenvalue weighted by Crippen LogP contribution is -2.51. The van der Waals surface area contributed by atoms with Crippen molar-refractivity contribution in [2.45, 2.75) is 25.6 Å². The molecular weight excluding hydrogens is 415 g/mol. The molecule has 1 fully saturated rings. The predicted molar refractivity (Wildman–Crippen MR) is 99.3 cm³/mol. The van der Waals surface area contributed by atoms with Crippen LogP contribution in [-0.2, 0) is 14.3 Å². The Morgan fingerprint density at radius 3 is 2.60 bits per heavy atom. The Bertz CT molecular complexity index is 760. The Morgan fingerprint density at radius 1 is 1.37 bits per heavy atom. The number of nitrogens with zero attached hydrogens (tertiary/aromatic N) is 2. The van der Waals surface area contributed by atoms with E-state index in [1.165, 1.54) is 24.0 Å². The van der Waals surface area contributed by atoms with E-state index in [1.807, 2.05) is 0 Å². The van der Waals surface area contributed by atoms with Crippen molar-refractivity contribution in [2.24, 2.45) is 5.73 Å². The molecule has 0 aliphatic carbocycles. The summed E-state index contributed by atoms with van der Waals surface area (Å²) < 4.78 is 70.4. The van der Waals surface area contributed by atoms with Gasteiger partial charge in [0.2, 0.25) is 5.91 Å². The first-order valence-corrected chi connectivity index (χ1v) is 9.19. The minimum absolute atomic E-state index is 0.0149. The normalized spacial score (nSPS) is 16.3. The zero-order valence-electron chi connectivity index (χ0n) is 16.2. The third-order valence-corrected chi connectivity index (χ3v) is 4.56. The summed E-state index contributed by atoms with van der Waals surface area (Å²) in [6.45, 7) is -0.304. The Balaban J connectivity index is 2.23. The number of nitrogens with two attached hydrogens (primary N) is 1. The number of carbonyl (C=O) groups is 2. The van der Waals surface area contributed by atoms with Crippen LogP contribution in [0.4, 0.5) is 33.3 Å². The fraction of sp³-hybridized carbons (Fsp3) is 0.556. The van der Waals surface area contributed by atoms with E-state index in [9.17, 15) is 31.5 Å². The van der Waals surface area contributed by atoms with E-state index in [-0.39, 0.29) is 37.7 Å². The molecular formula is C18H23F5N4O3. The van der Waals surface area contributed by atoms with Gasteiger partial charge in [0.15, 0.2) is 0 Å². The third kappa shape index (κ3) is 6.09. The van der Waals surface area contributed by atoms with Crippen molar-refractivity contribution in [3.05, 3.63) is 23.8 Å². The second kappa shape index (κ2) is 10.1. The topological polar surface area (TPSA) is 87.9 Å². The number of ether oxygens (including phenoxy) is 1. The summed E-state index contributed by atoms with van der Waals surface area (Å²) >= 11 is 0. The molecule has 0 unspecified atom stereocenters. The van der Waals surface area contributed by atoms with Crippen LogP contribution in [0.25, 0.3) is 0 Å². The smallest absolute Gasteiger partial charge is 0.370 e. The minimum Gasteiger partial charge on any atom is -0.370 e. The van der Waals surface area contributed by atoms with E-state index in [0.717, 1.165) is 11.0 Å². The second-order valence-electron chi connectivity index (χ2n) is 6.59. The SMILES string of the molecule is CCN(CC(F)(F)F)[C@@H](CN)C(=O)Nc1ccc(N2CCOCC2=O)c(C(F)F)c1. The third-order valence-electron chi connectivity index (χ3n) is 4.56. The van der Waals surface area contributed by atoms with Crippen molar-refractivity contribution in [1.82, 2.24) is 4.90 Å². The summed E-state index contributed by atoms with van der Waals surface area (Å²) in [6, 6.07) is 2.25. The average Bonchev–Trinajstić information content (AvgIpc) is 2.67. The standard InChI is InChI=1S/C18H23F5N4O3/c1-2-26(10-18(21,22)23)14(8-24)17(29)25-11-3-4-13(12(7-11)16(19)20)27-5-6-30-9-15(27)28/h3-4,7,14,16H,2,5-6,8-10,24H2,1H3,(H,25,29)/t14-/m0/s1. The number of rotatable bonds is 8. The molecule has 30 heavy (non-hydrogen) atoms. The van der Waals surface area contributed by atoms with Crippen molar-refractivity contribution in [3.8, 4) is 0 Å². The van der Waals surface area contributed by atoms with Gasteiger partial charge in [-0.25, -0.2) is 8.78 Å². The number of likely N-dealkylation sites (N-methyl/N-ethyl adjacent to an activating group) is 1. The van der Waals surface area contributed by atoms with E-state index < -0.39 is 49.1 Å². The highest BCUT2D eigenvalue weighted by Crippen LogP contribution is 2.33. The molecule has 1 aromatic carbocycles. The van der Waals surface area contributed by atoms with E-state index in [2.05, 4.69) is 5.32 Å². The van der Waals surface area contributed by atoms with Crippen LogP contribution >= 0.6 is 0 Å². The first kappa shape index (κ1) is 24.0. The van der Waals surface area contributed by atoms with Crippen LogP contribution in [0.3, 0.4) is 0 Å². The summed E-state index contributed by atoms with van der Waals surface area (Å²) in [7, 11) is 0. The van der Waals surface area contributed by atoms with Gasteiger partial charge in [-0.2, -0.15) is 13.2 Å². The maximum absolute atomic E-state index is 13.6. The van der Waals surface area contributed by atoms with Gasteiger partial charge in [-0.05, 0) is 24.7 Å². The number of alkyl halides is 5. The molecule has 1 heterocycles. The minimum atomic E-state index is -4.53. The van der Waals surface area contributed by atoms with Gasteiger partial charge in [-0.15, -0.1) is 0 Å². The number of benzene rings is 1. The monoisotopic (exact) mass is 438 g/mol. The molecule has 1 aromatic rings. The molecule has 168 valence electrons. The van der Waals surface area contributed by atoms with Crippen LogP contribution in [0.5, 0.6) is 0 Å². The first-order valence-electron chi connectivity index (χ1n) is 9.19. The zero-order chi connectivity index (χ0) is 22.5. The Kier molecular flexibility index (Phi) is 8.10. The maximum Gasteiger partial charge on any atom is 0.401 e. The number of morpholine rings is 1. The fourth-order valence-electron chi connectivity index (χ4n) is 3.15. The van der Waals surface area contributed by atoms with E-state index in [4.69, 9.17) is 10.5 Å². The summed E-state index contributed by atoms with van der Waals surface area (Å²) in [5.41, 5.74) is 4.95. The van der Waals surface area contributed by atoms with E-state index in [0.29, 0.717) is 0 Å². The number of amides is 2. The quantitative estimate of drug-likeness (QED) is 0.608. The van der Waals surface area contributed by atoms with Gasteiger partial charge < -0.3 is 20.7 Å². The van der Waals surface area contributed by atoms with Gasteiger partial charge in [0.1, 0.15) is 12.6 Å². The van der Waals surface area contributed by atoms with Gasteiger partial charge in [-0.1, -0.05) is 6.92 Å². The van der Waals surface area contributed by atoms with E-state index >= 15 is 0 Å². The molecule has 0 saturated carbocycles. The van der Waals surface area contributed by atoms with Crippen LogP contribution in [0.15, 0.2) is 18.2 Å². The number of anilines is 2. The Labute approximate surface area is 169 Å². The van der Waals surface area contributed by atoms with Gasteiger partial charge in [0.05, 0.1) is 18.8 Å². The number of halogens is 5. The highest BCUT2D eigenvalue weighted by atomic mass is 19.4. The summed E-state index contributed by atoms with van der Waals surface area (Å²) in [5.74, 6) is -1.33. The lowest BCUT2D eigenvalue weighted by molar-refractivity contribution is -0.153. The molecule has 12 heteroatoms. The van der Waals surface area contributed by atoms with E-state index in [1.54, 1.807) is 0 Å². The van der Waals surface area contributed by atoms with Crippen LogP contribution in [0.2, 0.25) is 0 Å². The number of carbonyl (C=O) groups excluding carboxylic acids is 2. The molecule has 1 atom stereocenters. The largest absolute Gasteiger partial charge is 0.401 e. The van der Waals surface area contributed by atoms with Gasteiger partial charge in [0, 0.05) is 24.3 Å². The number of hydrogen-bond acceptors (Lipinski definition) is 5. The van der Waals surface area contributed by atoms with Crippen molar-refractivity contribution in [3.63, 3.8) is 0 Å². The molecule has 0 spiro atoms. The molecule has 0 radical (unpaired) electrons. The van der Waals surface area contributed by atoms with Gasteiger partial charge in [-0.3, -0.25) is 14.5 Å². The first-order chi connectivity index (χ1) is 14.1. The predicted octanol–water partition coefficient (Wildman–Crippen LogP) is 2.14. The molecule has 1 aliphatic rings. The van der Waals surface area contributed by atoms with Gasteiger partial charge >= 0.3 is 6.18 Å². The molecule has 2 rings (SSSR count). The highest BCUT2D eigenvalue weighted by molar-refractivity contribution is 5.97. The fourth-order valence-corrected chi connectivity index (χ4v) is 3.15. The molecule has 2 amide bonds. The summed E-state index contributed by atoms with van der Waals surface area (Å²) in [4.78, 5) is 26.5. The molecule has 7 nitrogen and oxygen atoms in total. The van der Waals surface area contributed by atoms with Crippen LogP contribution in [-0.4, -0.2) is 68.3 Å². The van der Waals surface area contributed by atoms with Crippen molar-refractivity contribution in [1.29, 1.82) is 0 Å². The van der Waals surface area contributed by atoms with Gasteiger partial charge in [0.25, 0.3) is 12.3 Å². The van der Waals surface area contributed by atoms with Crippen LogP contribution in [0, 0.1) is 0 Å². The lowest BCUT2D eigenvalue weighted by Gasteiger charge is -2.30. The van der Waals surface area contributed by atoms with Crippen molar-refractivity contribution in [2.75, 3.05) is 49.6 Å². The second-order valence-corrected chi connectivity index (χ2v) is 6.59. The lowest BCUT2D eigenvalue weighted by atomic mass is 10.1.